The van der Waals surface area contributed by atoms with Gasteiger partial charge in [-0.1, -0.05) is 18.2 Å². The molecule has 0 radical (unpaired) electrons. The minimum absolute atomic E-state index is 0. The van der Waals surface area contributed by atoms with E-state index in [9.17, 15) is 4.79 Å². The summed E-state index contributed by atoms with van der Waals surface area (Å²) in [6.07, 6.45) is 2.72. The molecule has 92 valence electrons. The van der Waals surface area contributed by atoms with E-state index in [4.69, 9.17) is 4.74 Å². The summed E-state index contributed by atoms with van der Waals surface area (Å²) in [4.78, 5) is 11.9. The summed E-state index contributed by atoms with van der Waals surface area (Å²) >= 11 is 0. The van der Waals surface area contributed by atoms with E-state index in [0.717, 1.165) is 43.5 Å². The van der Waals surface area contributed by atoms with Crippen molar-refractivity contribution in [3.05, 3.63) is 35.4 Å². The molecule has 1 aromatic rings. The molecule has 0 saturated carbocycles. The first-order valence-corrected chi connectivity index (χ1v) is 5.81. The number of halogens is 1. The Morgan fingerprint density at radius 2 is 1.88 bits per heavy atom. The average Bonchev–Trinajstić information content (AvgIpc) is 2.30. The van der Waals surface area contributed by atoms with Crippen molar-refractivity contribution in [1.82, 2.24) is 5.32 Å². The lowest BCUT2D eigenvalue weighted by Crippen LogP contribution is -2.49. The molecule has 0 amide bonds. The molecular formula is C13H16ClNO2. The highest BCUT2D eigenvalue weighted by Crippen LogP contribution is 2.34. The van der Waals surface area contributed by atoms with Gasteiger partial charge in [0.25, 0.3) is 0 Å². The van der Waals surface area contributed by atoms with Crippen LogP contribution in [-0.2, 0) is 11.2 Å². The molecule has 3 rings (SSSR count). The van der Waals surface area contributed by atoms with Crippen LogP contribution in [0.1, 0.15) is 28.8 Å². The van der Waals surface area contributed by atoms with Gasteiger partial charge in [-0.2, -0.15) is 0 Å². The maximum Gasteiger partial charge on any atom is 0.338 e. The van der Waals surface area contributed by atoms with E-state index in [1.54, 1.807) is 0 Å². The summed E-state index contributed by atoms with van der Waals surface area (Å²) in [5.74, 6) is -0.149. The first-order valence-electron chi connectivity index (χ1n) is 5.81. The average molecular weight is 254 g/mol. The first kappa shape index (κ1) is 12.4. The molecular weight excluding hydrogens is 238 g/mol. The van der Waals surface area contributed by atoms with Crippen molar-refractivity contribution < 1.29 is 9.53 Å². The van der Waals surface area contributed by atoms with Gasteiger partial charge in [-0.25, -0.2) is 4.79 Å². The van der Waals surface area contributed by atoms with E-state index in [-0.39, 0.29) is 24.0 Å². The number of nitrogens with one attached hydrogen (secondary N) is 1. The standard InChI is InChI=1S/C13H15NO2.ClH/c15-12-11-4-2-1-3-10(11)9-13(16-12)5-7-14-8-6-13;/h1-4,14H,5-9H2;1H. The van der Waals surface area contributed by atoms with Gasteiger partial charge in [-0.3, -0.25) is 0 Å². The van der Waals surface area contributed by atoms with E-state index in [0.29, 0.717) is 0 Å². The van der Waals surface area contributed by atoms with E-state index in [1.165, 1.54) is 0 Å². The Morgan fingerprint density at radius 1 is 1.18 bits per heavy atom. The molecule has 3 nitrogen and oxygen atoms in total. The summed E-state index contributed by atoms with van der Waals surface area (Å²) in [5, 5.41) is 3.30. The van der Waals surface area contributed by atoms with Gasteiger partial charge in [0.15, 0.2) is 0 Å². The number of fused-ring (bicyclic) bond motifs is 1. The third-order valence-corrected chi connectivity index (χ3v) is 3.57. The van der Waals surface area contributed by atoms with Crippen LogP contribution in [-0.4, -0.2) is 24.7 Å². The van der Waals surface area contributed by atoms with Crippen molar-refractivity contribution in [3.63, 3.8) is 0 Å². The monoisotopic (exact) mass is 253 g/mol. The molecule has 1 spiro atoms. The highest BCUT2D eigenvalue weighted by Gasteiger charge is 2.40. The minimum atomic E-state index is -0.239. The summed E-state index contributed by atoms with van der Waals surface area (Å²) in [5.41, 5.74) is 1.64. The van der Waals surface area contributed by atoms with E-state index >= 15 is 0 Å². The summed E-state index contributed by atoms with van der Waals surface area (Å²) in [6.45, 7) is 1.88. The van der Waals surface area contributed by atoms with Crippen molar-refractivity contribution in [1.29, 1.82) is 0 Å². The Labute approximate surface area is 107 Å². The molecule has 0 bridgehead atoms. The number of carbonyl (C=O) groups excluding carboxylic acids is 1. The minimum Gasteiger partial charge on any atom is -0.455 e. The molecule has 0 aromatic heterocycles. The zero-order valence-electron chi connectivity index (χ0n) is 9.57. The number of benzene rings is 1. The van der Waals surface area contributed by atoms with Crippen LogP contribution in [0.25, 0.3) is 0 Å². The Balaban J connectivity index is 0.00000108. The molecule has 17 heavy (non-hydrogen) atoms. The maximum absolute atomic E-state index is 11.9. The van der Waals surface area contributed by atoms with Gasteiger partial charge < -0.3 is 10.1 Å². The maximum atomic E-state index is 11.9. The van der Waals surface area contributed by atoms with E-state index < -0.39 is 0 Å². The van der Waals surface area contributed by atoms with Crippen LogP contribution in [0.5, 0.6) is 0 Å². The van der Waals surface area contributed by atoms with Crippen molar-refractivity contribution >= 4 is 18.4 Å². The molecule has 2 aliphatic rings. The first-order chi connectivity index (χ1) is 7.79. The highest BCUT2D eigenvalue weighted by atomic mass is 35.5. The second-order valence-electron chi connectivity index (χ2n) is 4.66. The molecule has 1 N–H and O–H groups in total. The van der Waals surface area contributed by atoms with Gasteiger partial charge in [0.05, 0.1) is 5.56 Å². The van der Waals surface area contributed by atoms with Crippen LogP contribution >= 0.6 is 12.4 Å². The van der Waals surface area contributed by atoms with Crippen LogP contribution < -0.4 is 5.32 Å². The Bertz CT molecular complexity index is 427. The quantitative estimate of drug-likeness (QED) is 0.719. The highest BCUT2D eigenvalue weighted by molar-refractivity contribution is 5.92. The Morgan fingerprint density at radius 3 is 2.65 bits per heavy atom. The molecule has 0 aliphatic carbocycles. The van der Waals surface area contributed by atoms with Crippen LogP contribution in [0.2, 0.25) is 0 Å². The summed E-state index contributed by atoms with van der Waals surface area (Å²) in [6, 6.07) is 7.78. The van der Waals surface area contributed by atoms with Crippen molar-refractivity contribution in [2.24, 2.45) is 0 Å². The second-order valence-corrected chi connectivity index (χ2v) is 4.66. The van der Waals surface area contributed by atoms with Gasteiger partial charge in [0.1, 0.15) is 5.60 Å². The van der Waals surface area contributed by atoms with Gasteiger partial charge in [0.2, 0.25) is 0 Å². The predicted octanol–water partition coefficient (Wildman–Crippen LogP) is 1.94. The van der Waals surface area contributed by atoms with Crippen LogP contribution in [0.15, 0.2) is 24.3 Å². The molecule has 1 saturated heterocycles. The molecule has 0 unspecified atom stereocenters. The predicted molar refractivity (Wildman–Crippen MR) is 67.6 cm³/mol. The number of hydrogen-bond acceptors (Lipinski definition) is 3. The lowest BCUT2D eigenvalue weighted by atomic mass is 9.82. The van der Waals surface area contributed by atoms with Crippen LogP contribution in [0, 0.1) is 0 Å². The lowest BCUT2D eigenvalue weighted by molar-refractivity contribution is -0.0398. The van der Waals surface area contributed by atoms with Gasteiger partial charge >= 0.3 is 5.97 Å². The number of carbonyl (C=O) groups is 1. The lowest BCUT2D eigenvalue weighted by Gasteiger charge is -2.40. The zero-order chi connectivity index (χ0) is 11.0. The SMILES string of the molecule is Cl.O=C1OC2(CCNCC2)Cc2ccccc21. The molecule has 1 fully saturated rings. The summed E-state index contributed by atoms with van der Waals surface area (Å²) < 4.78 is 5.66. The largest absolute Gasteiger partial charge is 0.455 e. The number of esters is 1. The smallest absolute Gasteiger partial charge is 0.338 e. The third-order valence-electron chi connectivity index (χ3n) is 3.57. The number of hydrogen-bond donors (Lipinski definition) is 1. The summed E-state index contributed by atoms with van der Waals surface area (Å²) in [7, 11) is 0. The van der Waals surface area contributed by atoms with Crippen molar-refractivity contribution in [2.75, 3.05) is 13.1 Å². The van der Waals surface area contributed by atoms with E-state index in [2.05, 4.69) is 5.32 Å². The fourth-order valence-electron chi connectivity index (χ4n) is 2.67. The molecule has 0 atom stereocenters. The number of piperidine rings is 1. The second kappa shape index (κ2) is 4.67. The van der Waals surface area contributed by atoms with Gasteiger partial charge in [0, 0.05) is 19.3 Å². The molecule has 4 heteroatoms. The Hall–Kier alpha value is -1.06. The normalized spacial score (nSPS) is 21.3. The van der Waals surface area contributed by atoms with Crippen LogP contribution in [0.3, 0.4) is 0 Å². The van der Waals surface area contributed by atoms with E-state index in [1.807, 2.05) is 24.3 Å². The molecule has 2 heterocycles. The van der Waals surface area contributed by atoms with Crippen LogP contribution in [0.4, 0.5) is 0 Å². The topological polar surface area (TPSA) is 38.3 Å². The van der Waals surface area contributed by atoms with Crippen molar-refractivity contribution in [2.45, 2.75) is 24.9 Å². The zero-order valence-corrected chi connectivity index (χ0v) is 10.4. The number of rotatable bonds is 0. The molecule has 1 aromatic carbocycles. The van der Waals surface area contributed by atoms with Crippen molar-refractivity contribution in [3.8, 4) is 0 Å². The fraction of sp³-hybridized carbons (Fsp3) is 0.462. The third kappa shape index (κ3) is 2.17. The Kier molecular flexibility index (Phi) is 3.40. The molecule has 2 aliphatic heterocycles. The van der Waals surface area contributed by atoms with Gasteiger partial charge in [-0.15, -0.1) is 12.4 Å². The number of ether oxygens (including phenoxy) is 1. The van der Waals surface area contributed by atoms with Gasteiger partial charge in [-0.05, 0) is 24.7 Å². The fourth-order valence-corrected chi connectivity index (χ4v) is 2.67.